The Balaban J connectivity index is 1.32. The molecule has 29 heavy (non-hydrogen) atoms. The molecule has 1 saturated heterocycles. The van der Waals surface area contributed by atoms with E-state index >= 15 is 0 Å². The highest BCUT2D eigenvalue weighted by Gasteiger charge is 2.28. The number of benzene rings is 2. The summed E-state index contributed by atoms with van der Waals surface area (Å²) in [5.41, 5.74) is 2.81. The number of aromatic nitrogens is 4. The predicted molar refractivity (Wildman–Crippen MR) is 107 cm³/mol. The fraction of sp³-hybridized carbons (Fsp3) is 0.250. The Morgan fingerprint density at radius 2 is 1.97 bits per heavy atom. The second-order valence-corrected chi connectivity index (χ2v) is 7.14. The van der Waals surface area contributed by atoms with Gasteiger partial charge >= 0.3 is 6.03 Å². The van der Waals surface area contributed by atoms with E-state index in [1.54, 1.807) is 29.2 Å². The van der Waals surface area contributed by atoms with Gasteiger partial charge in [0.05, 0.1) is 6.04 Å². The van der Waals surface area contributed by atoms with Crippen LogP contribution in [0.4, 0.5) is 16.2 Å². The summed E-state index contributed by atoms with van der Waals surface area (Å²) < 4.78 is 1.84. The van der Waals surface area contributed by atoms with E-state index in [2.05, 4.69) is 26.2 Å². The summed E-state index contributed by atoms with van der Waals surface area (Å²) in [6, 6.07) is 14.7. The average Bonchev–Trinajstić information content (AvgIpc) is 3.30. The molecular weight excluding hydrogens is 370 g/mol. The minimum Gasteiger partial charge on any atom is -0.336 e. The SMILES string of the molecule is O=C(Nc1cccc(-c2nnnn2C2CC2)c1)c1ccc(N2CCNC2=O)cc1. The van der Waals surface area contributed by atoms with E-state index in [1.807, 2.05) is 28.9 Å². The van der Waals surface area contributed by atoms with E-state index in [4.69, 9.17) is 0 Å². The van der Waals surface area contributed by atoms with Gasteiger partial charge in [-0.1, -0.05) is 12.1 Å². The van der Waals surface area contributed by atoms with Gasteiger partial charge in [-0.05, 0) is 59.7 Å². The first kappa shape index (κ1) is 17.4. The molecule has 9 nitrogen and oxygen atoms in total. The molecule has 2 aromatic carbocycles. The maximum absolute atomic E-state index is 12.6. The summed E-state index contributed by atoms with van der Waals surface area (Å²) in [5, 5.41) is 17.7. The van der Waals surface area contributed by atoms with Gasteiger partial charge in [-0.15, -0.1) is 5.10 Å². The monoisotopic (exact) mass is 389 g/mol. The van der Waals surface area contributed by atoms with Crippen molar-refractivity contribution in [1.82, 2.24) is 25.5 Å². The fourth-order valence-corrected chi connectivity index (χ4v) is 3.40. The van der Waals surface area contributed by atoms with Crippen molar-refractivity contribution in [2.75, 3.05) is 23.3 Å². The molecule has 1 aliphatic heterocycles. The Hall–Kier alpha value is -3.75. The predicted octanol–water partition coefficient (Wildman–Crippen LogP) is 2.46. The van der Waals surface area contributed by atoms with Crippen LogP contribution >= 0.6 is 0 Å². The molecule has 2 N–H and O–H groups in total. The molecule has 0 atom stereocenters. The molecule has 1 saturated carbocycles. The Kier molecular flexibility index (Phi) is 4.19. The van der Waals surface area contributed by atoms with Crippen LogP contribution in [0.2, 0.25) is 0 Å². The first-order valence-electron chi connectivity index (χ1n) is 9.54. The normalized spacial score (nSPS) is 16.0. The minimum absolute atomic E-state index is 0.118. The number of rotatable bonds is 5. The van der Waals surface area contributed by atoms with E-state index in [0.29, 0.717) is 36.2 Å². The Morgan fingerprint density at radius 1 is 1.14 bits per heavy atom. The number of anilines is 2. The van der Waals surface area contributed by atoms with Gasteiger partial charge in [-0.3, -0.25) is 9.69 Å². The topological polar surface area (TPSA) is 105 Å². The molecule has 9 heteroatoms. The molecule has 3 aromatic rings. The van der Waals surface area contributed by atoms with Gasteiger partial charge in [0.1, 0.15) is 0 Å². The smallest absolute Gasteiger partial charge is 0.321 e. The lowest BCUT2D eigenvalue weighted by atomic mass is 10.1. The van der Waals surface area contributed by atoms with Crippen LogP contribution in [-0.2, 0) is 0 Å². The lowest BCUT2D eigenvalue weighted by molar-refractivity contribution is 0.102. The van der Waals surface area contributed by atoms with Gasteiger partial charge in [0.25, 0.3) is 5.91 Å². The van der Waals surface area contributed by atoms with Crippen molar-refractivity contribution in [1.29, 1.82) is 0 Å². The van der Waals surface area contributed by atoms with Crippen LogP contribution in [0.1, 0.15) is 29.2 Å². The zero-order valence-electron chi connectivity index (χ0n) is 15.6. The summed E-state index contributed by atoms with van der Waals surface area (Å²) in [6.07, 6.45) is 2.17. The molecule has 1 aliphatic carbocycles. The average molecular weight is 389 g/mol. The van der Waals surface area contributed by atoms with Crippen LogP contribution in [0.3, 0.4) is 0 Å². The maximum atomic E-state index is 12.6. The number of tetrazole rings is 1. The third-order valence-electron chi connectivity index (χ3n) is 5.06. The van der Waals surface area contributed by atoms with E-state index in [-0.39, 0.29) is 11.9 Å². The van der Waals surface area contributed by atoms with E-state index in [0.717, 1.165) is 24.1 Å². The summed E-state index contributed by atoms with van der Waals surface area (Å²) in [6.45, 7) is 1.25. The summed E-state index contributed by atoms with van der Waals surface area (Å²) in [7, 11) is 0. The molecule has 0 spiro atoms. The highest BCUT2D eigenvalue weighted by atomic mass is 16.2. The van der Waals surface area contributed by atoms with Crippen molar-refractivity contribution in [3.05, 3.63) is 54.1 Å². The quantitative estimate of drug-likeness (QED) is 0.697. The highest BCUT2D eigenvalue weighted by molar-refractivity contribution is 6.05. The molecule has 2 aliphatic rings. The third-order valence-corrected chi connectivity index (χ3v) is 5.06. The zero-order chi connectivity index (χ0) is 19.8. The standard InChI is InChI=1S/C20H19N7O2/c28-19(13-4-6-16(7-5-13)26-11-10-21-20(26)29)22-15-3-1-2-14(12-15)18-23-24-25-27(18)17-8-9-17/h1-7,12,17H,8-11H2,(H,21,29)(H,22,28). The van der Waals surface area contributed by atoms with Crippen molar-refractivity contribution in [2.45, 2.75) is 18.9 Å². The van der Waals surface area contributed by atoms with Gasteiger partial charge in [0.2, 0.25) is 0 Å². The Labute approximate surface area is 166 Å². The number of nitrogens with one attached hydrogen (secondary N) is 2. The molecule has 0 unspecified atom stereocenters. The number of amides is 3. The van der Waals surface area contributed by atoms with Crippen LogP contribution in [0.25, 0.3) is 11.4 Å². The lowest BCUT2D eigenvalue weighted by Crippen LogP contribution is -2.27. The molecule has 0 bridgehead atoms. The molecule has 146 valence electrons. The van der Waals surface area contributed by atoms with Crippen LogP contribution in [0, 0.1) is 0 Å². The molecule has 5 rings (SSSR count). The number of urea groups is 1. The van der Waals surface area contributed by atoms with Crippen molar-refractivity contribution < 1.29 is 9.59 Å². The first-order valence-corrected chi connectivity index (χ1v) is 9.54. The van der Waals surface area contributed by atoms with E-state index in [1.165, 1.54) is 0 Å². The minimum atomic E-state index is -0.221. The van der Waals surface area contributed by atoms with Crippen LogP contribution < -0.4 is 15.5 Å². The Morgan fingerprint density at radius 3 is 2.69 bits per heavy atom. The van der Waals surface area contributed by atoms with Gasteiger partial charge in [-0.25, -0.2) is 9.48 Å². The molecule has 1 aromatic heterocycles. The van der Waals surface area contributed by atoms with Crippen molar-refractivity contribution in [2.24, 2.45) is 0 Å². The van der Waals surface area contributed by atoms with Crippen molar-refractivity contribution in [3.63, 3.8) is 0 Å². The molecule has 3 amide bonds. The van der Waals surface area contributed by atoms with Crippen LogP contribution in [-0.4, -0.2) is 45.2 Å². The lowest BCUT2D eigenvalue weighted by Gasteiger charge is -2.14. The number of hydrogen-bond donors (Lipinski definition) is 2. The van der Waals surface area contributed by atoms with Crippen LogP contribution in [0.5, 0.6) is 0 Å². The van der Waals surface area contributed by atoms with Crippen molar-refractivity contribution in [3.8, 4) is 11.4 Å². The number of hydrogen-bond acceptors (Lipinski definition) is 5. The zero-order valence-corrected chi connectivity index (χ0v) is 15.6. The summed E-state index contributed by atoms with van der Waals surface area (Å²) in [4.78, 5) is 26.0. The molecular formula is C20H19N7O2. The number of carbonyl (C=O) groups is 2. The molecule has 0 radical (unpaired) electrons. The van der Waals surface area contributed by atoms with Crippen LogP contribution in [0.15, 0.2) is 48.5 Å². The third kappa shape index (κ3) is 3.42. The molecule has 2 heterocycles. The largest absolute Gasteiger partial charge is 0.336 e. The van der Waals surface area contributed by atoms with Gasteiger partial charge in [0, 0.05) is 35.6 Å². The Bertz CT molecular complexity index is 1070. The second kappa shape index (κ2) is 7.01. The maximum Gasteiger partial charge on any atom is 0.321 e. The summed E-state index contributed by atoms with van der Waals surface area (Å²) in [5.74, 6) is 0.484. The highest BCUT2D eigenvalue weighted by Crippen LogP contribution is 2.36. The van der Waals surface area contributed by atoms with Gasteiger partial charge in [0.15, 0.2) is 5.82 Å². The van der Waals surface area contributed by atoms with Crippen molar-refractivity contribution >= 4 is 23.3 Å². The summed E-state index contributed by atoms with van der Waals surface area (Å²) >= 11 is 0. The fourth-order valence-electron chi connectivity index (χ4n) is 3.40. The van der Waals surface area contributed by atoms with Gasteiger partial charge < -0.3 is 10.6 Å². The number of nitrogens with zero attached hydrogens (tertiary/aromatic N) is 5. The van der Waals surface area contributed by atoms with E-state index < -0.39 is 0 Å². The second-order valence-electron chi connectivity index (χ2n) is 7.14. The number of carbonyl (C=O) groups excluding carboxylic acids is 2. The molecule has 2 fully saturated rings. The first-order chi connectivity index (χ1) is 14.2. The van der Waals surface area contributed by atoms with E-state index in [9.17, 15) is 9.59 Å². The van der Waals surface area contributed by atoms with Gasteiger partial charge in [-0.2, -0.15) is 0 Å².